The van der Waals surface area contributed by atoms with Gasteiger partial charge in [0, 0.05) is 16.5 Å². The van der Waals surface area contributed by atoms with E-state index in [0.29, 0.717) is 6.42 Å². The Labute approximate surface area is 116 Å². The third kappa shape index (κ3) is 1.27. The van der Waals surface area contributed by atoms with Gasteiger partial charge in [-0.2, -0.15) is 0 Å². The van der Waals surface area contributed by atoms with Crippen molar-refractivity contribution in [2.75, 3.05) is 0 Å². The SMILES string of the molecule is C/C=C(\Cl)C1=CC(=O)[C@@]23C[C@@H]2C(C)(C)O[C@@]3(O)C1=O. The van der Waals surface area contributed by atoms with E-state index in [2.05, 4.69) is 0 Å². The van der Waals surface area contributed by atoms with Crippen LogP contribution in [0.5, 0.6) is 0 Å². The fraction of sp³-hybridized carbons (Fsp3) is 0.571. The van der Waals surface area contributed by atoms with Crippen LogP contribution in [-0.2, 0) is 14.3 Å². The Morgan fingerprint density at radius 3 is 2.68 bits per heavy atom. The van der Waals surface area contributed by atoms with Crippen molar-refractivity contribution in [3.63, 3.8) is 0 Å². The van der Waals surface area contributed by atoms with E-state index in [1.165, 1.54) is 12.2 Å². The summed E-state index contributed by atoms with van der Waals surface area (Å²) in [5.41, 5.74) is -1.75. The summed E-state index contributed by atoms with van der Waals surface area (Å²) in [6, 6.07) is 0. The molecule has 0 radical (unpaired) electrons. The molecule has 3 atom stereocenters. The minimum absolute atomic E-state index is 0.0330. The number of carbonyl (C=O) groups is 2. The van der Waals surface area contributed by atoms with Gasteiger partial charge in [0.1, 0.15) is 5.41 Å². The summed E-state index contributed by atoms with van der Waals surface area (Å²) in [5.74, 6) is -3.06. The molecule has 0 aromatic heterocycles. The summed E-state index contributed by atoms with van der Waals surface area (Å²) in [6.07, 6.45) is 3.26. The zero-order valence-electron chi connectivity index (χ0n) is 11.0. The van der Waals surface area contributed by atoms with Crippen molar-refractivity contribution in [2.24, 2.45) is 11.3 Å². The largest absolute Gasteiger partial charge is 0.358 e. The predicted molar refractivity (Wildman–Crippen MR) is 68.4 cm³/mol. The van der Waals surface area contributed by atoms with Gasteiger partial charge in [-0.15, -0.1) is 0 Å². The Morgan fingerprint density at radius 2 is 2.16 bits per heavy atom. The van der Waals surface area contributed by atoms with E-state index in [1.807, 2.05) is 0 Å². The quantitative estimate of drug-likeness (QED) is 0.795. The van der Waals surface area contributed by atoms with Gasteiger partial charge in [0.25, 0.3) is 0 Å². The van der Waals surface area contributed by atoms with Crippen molar-refractivity contribution in [3.8, 4) is 0 Å². The zero-order valence-corrected chi connectivity index (χ0v) is 11.7. The first-order valence-corrected chi connectivity index (χ1v) is 6.64. The predicted octanol–water partition coefficient (Wildman–Crippen LogP) is 1.71. The van der Waals surface area contributed by atoms with E-state index < -0.39 is 22.6 Å². The second-order valence-electron chi connectivity index (χ2n) is 5.97. The lowest BCUT2D eigenvalue weighted by Gasteiger charge is -2.35. The van der Waals surface area contributed by atoms with Gasteiger partial charge in [0.05, 0.1) is 5.60 Å². The summed E-state index contributed by atoms with van der Waals surface area (Å²) in [5, 5.41) is 10.8. The molecule has 1 N–H and O–H groups in total. The molecule has 4 nitrogen and oxygen atoms in total. The fourth-order valence-corrected chi connectivity index (χ4v) is 3.69. The molecule has 0 unspecified atom stereocenters. The van der Waals surface area contributed by atoms with Crippen molar-refractivity contribution in [1.82, 2.24) is 0 Å². The van der Waals surface area contributed by atoms with Crippen LogP contribution in [0.25, 0.3) is 0 Å². The lowest BCUT2D eigenvalue weighted by atomic mass is 9.77. The van der Waals surface area contributed by atoms with E-state index >= 15 is 0 Å². The second kappa shape index (κ2) is 3.37. The van der Waals surface area contributed by atoms with Crippen LogP contribution in [0.4, 0.5) is 0 Å². The minimum Gasteiger partial charge on any atom is -0.358 e. The molecule has 0 amide bonds. The van der Waals surface area contributed by atoms with Crippen LogP contribution < -0.4 is 0 Å². The highest BCUT2D eigenvalue weighted by Crippen LogP contribution is 2.73. The average Bonchev–Trinajstić information content (AvgIpc) is 3.05. The summed E-state index contributed by atoms with van der Waals surface area (Å²) >= 11 is 5.94. The molecule has 19 heavy (non-hydrogen) atoms. The Balaban J connectivity index is 2.16. The van der Waals surface area contributed by atoms with E-state index in [1.54, 1.807) is 20.8 Å². The number of rotatable bonds is 1. The molecule has 0 aromatic carbocycles. The Bertz CT molecular complexity index is 574. The van der Waals surface area contributed by atoms with Gasteiger partial charge in [0.2, 0.25) is 11.6 Å². The highest BCUT2D eigenvalue weighted by molar-refractivity contribution is 6.37. The molecule has 2 aliphatic carbocycles. The van der Waals surface area contributed by atoms with E-state index in [-0.39, 0.29) is 22.3 Å². The Morgan fingerprint density at radius 1 is 1.53 bits per heavy atom. The number of hydrogen-bond donors (Lipinski definition) is 1. The first kappa shape index (κ1) is 13.0. The highest BCUT2D eigenvalue weighted by Gasteiger charge is 2.84. The third-order valence-corrected chi connectivity index (χ3v) is 5.02. The molecule has 1 heterocycles. The van der Waals surface area contributed by atoms with Gasteiger partial charge in [-0.05, 0) is 33.3 Å². The minimum atomic E-state index is -2.06. The van der Waals surface area contributed by atoms with E-state index in [0.717, 1.165) is 0 Å². The van der Waals surface area contributed by atoms with Crippen LogP contribution in [0.15, 0.2) is 22.8 Å². The maximum absolute atomic E-state index is 12.5. The Kier molecular flexibility index (Phi) is 2.31. The molecule has 5 heteroatoms. The number of ether oxygens (including phenoxy) is 1. The lowest BCUT2D eigenvalue weighted by molar-refractivity contribution is -0.238. The number of carbonyl (C=O) groups excluding carboxylic acids is 2. The number of halogens is 1. The monoisotopic (exact) mass is 282 g/mol. The van der Waals surface area contributed by atoms with Crippen LogP contribution in [-0.4, -0.2) is 28.1 Å². The van der Waals surface area contributed by atoms with Gasteiger partial charge >= 0.3 is 0 Å². The molecule has 1 saturated heterocycles. The number of Topliss-reactive ketones (excluding diaryl/α,β-unsaturated/α-hetero) is 1. The first-order valence-electron chi connectivity index (χ1n) is 6.26. The Hall–Kier alpha value is -0.970. The molecule has 0 aromatic rings. The molecule has 1 spiro atoms. The van der Waals surface area contributed by atoms with Crippen molar-refractivity contribution < 1.29 is 19.4 Å². The summed E-state index contributed by atoms with van der Waals surface area (Å²) < 4.78 is 5.56. The molecule has 1 aliphatic heterocycles. The number of allylic oxidation sites excluding steroid dienone is 3. The van der Waals surface area contributed by atoms with Crippen molar-refractivity contribution in [1.29, 1.82) is 0 Å². The molecule has 3 aliphatic rings. The van der Waals surface area contributed by atoms with Crippen LogP contribution in [0.2, 0.25) is 0 Å². The molecular weight excluding hydrogens is 268 g/mol. The maximum atomic E-state index is 12.5. The smallest absolute Gasteiger partial charge is 0.245 e. The summed E-state index contributed by atoms with van der Waals surface area (Å²) in [7, 11) is 0. The van der Waals surface area contributed by atoms with Crippen LogP contribution in [0.1, 0.15) is 27.2 Å². The van der Waals surface area contributed by atoms with Crippen molar-refractivity contribution >= 4 is 23.2 Å². The second-order valence-corrected chi connectivity index (χ2v) is 6.37. The normalized spacial score (nSPS) is 43.7. The van der Waals surface area contributed by atoms with Crippen LogP contribution >= 0.6 is 11.6 Å². The summed E-state index contributed by atoms with van der Waals surface area (Å²) in [6.45, 7) is 5.25. The maximum Gasteiger partial charge on any atom is 0.245 e. The van der Waals surface area contributed by atoms with Gasteiger partial charge in [-0.3, -0.25) is 9.59 Å². The van der Waals surface area contributed by atoms with E-state index in [9.17, 15) is 14.7 Å². The average molecular weight is 283 g/mol. The molecule has 2 fully saturated rings. The first-order chi connectivity index (χ1) is 8.70. The van der Waals surface area contributed by atoms with E-state index in [4.69, 9.17) is 16.3 Å². The molecule has 1 saturated carbocycles. The summed E-state index contributed by atoms with van der Waals surface area (Å²) in [4.78, 5) is 24.8. The number of ketones is 2. The molecule has 3 rings (SSSR count). The van der Waals surface area contributed by atoms with Crippen LogP contribution in [0, 0.1) is 11.3 Å². The van der Waals surface area contributed by atoms with Crippen molar-refractivity contribution in [2.45, 2.75) is 38.6 Å². The van der Waals surface area contributed by atoms with Gasteiger partial charge in [-0.25, -0.2) is 0 Å². The van der Waals surface area contributed by atoms with Gasteiger partial charge < -0.3 is 9.84 Å². The zero-order chi connectivity index (χ0) is 14.2. The highest BCUT2D eigenvalue weighted by atomic mass is 35.5. The topological polar surface area (TPSA) is 63.6 Å². The van der Waals surface area contributed by atoms with Crippen LogP contribution in [0.3, 0.4) is 0 Å². The van der Waals surface area contributed by atoms with Gasteiger partial charge in [-0.1, -0.05) is 17.7 Å². The van der Waals surface area contributed by atoms with Gasteiger partial charge in [0.15, 0.2) is 5.78 Å². The standard InChI is InChI=1S/C14H15ClO4/c1-4-8(15)7-5-10(16)13-6-9(13)12(2,3)19-14(13,18)11(7)17/h4-5,9,18H,6H2,1-3H3/b8-4-/t9-,13-,14+/m1/s1. The number of hydrogen-bond acceptors (Lipinski definition) is 4. The number of aliphatic hydroxyl groups is 1. The van der Waals surface area contributed by atoms with Crippen molar-refractivity contribution in [3.05, 3.63) is 22.8 Å². The molecule has 102 valence electrons. The lowest BCUT2D eigenvalue weighted by Crippen LogP contribution is -2.54. The molecular formula is C14H15ClO4. The third-order valence-electron chi connectivity index (χ3n) is 4.59. The fourth-order valence-electron chi connectivity index (χ4n) is 3.55. The molecule has 0 bridgehead atoms.